The van der Waals surface area contributed by atoms with Gasteiger partial charge in [-0.2, -0.15) is 14.4 Å². The summed E-state index contributed by atoms with van der Waals surface area (Å²) < 4.78 is 7.04. The first-order chi connectivity index (χ1) is 15.9. The Kier molecular flexibility index (Phi) is 5.09. The highest BCUT2D eigenvalue weighted by molar-refractivity contribution is 6.25. The fourth-order valence-corrected chi connectivity index (χ4v) is 4.33. The fourth-order valence-electron chi connectivity index (χ4n) is 4.33. The van der Waals surface area contributed by atoms with Gasteiger partial charge in [-0.1, -0.05) is 53.7 Å². The monoisotopic (exact) mass is 439 g/mol. The average Bonchev–Trinajstić information content (AvgIpc) is 3.25. The third-order valence-electron chi connectivity index (χ3n) is 5.83. The zero-order chi connectivity index (χ0) is 23.1. The lowest BCUT2D eigenvalue weighted by molar-refractivity contribution is -0.449. The molecule has 1 aliphatic heterocycles. The van der Waals surface area contributed by atoms with Crippen LogP contribution in [-0.2, 0) is 11.3 Å². The first-order valence-electron chi connectivity index (χ1n) is 10.8. The minimum Gasteiger partial charge on any atom is -0.335 e. The normalized spacial score (nSPS) is 17.7. The first-order valence-corrected chi connectivity index (χ1v) is 10.8. The van der Waals surface area contributed by atoms with Gasteiger partial charge in [0.15, 0.2) is 6.54 Å². The summed E-state index contributed by atoms with van der Waals surface area (Å²) >= 11 is 0. The maximum Gasteiger partial charge on any atom is 0.506 e. The summed E-state index contributed by atoms with van der Waals surface area (Å²) in [6, 6.07) is 13.0. The van der Waals surface area contributed by atoms with E-state index in [0.717, 1.165) is 22.3 Å². The van der Waals surface area contributed by atoms with E-state index in [-0.39, 0.29) is 12.5 Å². The Bertz CT molecular complexity index is 1360. The lowest BCUT2D eigenvalue weighted by atomic mass is 9.94. The van der Waals surface area contributed by atoms with Gasteiger partial charge in [-0.05, 0) is 55.7 Å². The van der Waals surface area contributed by atoms with Crippen LogP contribution in [0.3, 0.4) is 0 Å². The molecule has 1 atom stereocenters. The number of aromatic nitrogens is 2. The van der Waals surface area contributed by atoms with Crippen molar-refractivity contribution in [3.63, 3.8) is 0 Å². The molecule has 0 fully saturated rings. The van der Waals surface area contributed by atoms with Crippen molar-refractivity contribution >= 4 is 23.3 Å². The molecule has 2 aromatic carbocycles. The molecule has 0 spiro atoms. The van der Waals surface area contributed by atoms with Gasteiger partial charge < -0.3 is 4.52 Å². The smallest absolute Gasteiger partial charge is 0.335 e. The summed E-state index contributed by atoms with van der Waals surface area (Å²) in [5.74, 6) is -0.0729. The Balaban J connectivity index is 1.55. The van der Waals surface area contributed by atoms with E-state index in [4.69, 9.17) is 4.52 Å². The van der Waals surface area contributed by atoms with E-state index in [2.05, 4.69) is 10.1 Å². The third-order valence-corrected chi connectivity index (χ3v) is 5.83. The minimum atomic E-state index is -0.563. The molecule has 164 valence electrons. The Morgan fingerprint density at radius 2 is 1.79 bits per heavy atom. The van der Waals surface area contributed by atoms with Gasteiger partial charge in [0.1, 0.15) is 17.3 Å². The topological polar surface area (TPSA) is 79.3 Å². The highest BCUT2D eigenvalue weighted by atomic mass is 16.5. The molecule has 1 aliphatic carbocycles. The van der Waals surface area contributed by atoms with E-state index in [1.807, 2.05) is 75.4 Å². The van der Waals surface area contributed by atoms with Crippen molar-refractivity contribution in [3.05, 3.63) is 89.3 Å². The number of rotatable bonds is 4. The summed E-state index contributed by atoms with van der Waals surface area (Å²) in [4.78, 5) is 32.7. The molecule has 33 heavy (non-hydrogen) atoms. The van der Waals surface area contributed by atoms with Crippen LogP contribution >= 0.6 is 0 Å². The van der Waals surface area contributed by atoms with Gasteiger partial charge in [0.2, 0.25) is 5.82 Å². The van der Waals surface area contributed by atoms with Crippen molar-refractivity contribution < 1.29 is 18.7 Å². The molecule has 1 aromatic heterocycles. The third kappa shape index (κ3) is 3.71. The van der Waals surface area contributed by atoms with Gasteiger partial charge in [0, 0.05) is 5.56 Å². The molecule has 2 aliphatic rings. The molecule has 0 saturated carbocycles. The van der Waals surface area contributed by atoms with Gasteiger partial charge in [0.25, 0.3) is 5.89 Å². The highest BCUT2D eigenvalue weighted by Gasteiger charge is 2.48. The number of imide groups is 1. The molecule has 3 aromatic rings. The number of allylic oxidation sites excluding steroid dienone is 3. The van der Waals surface area contributed by atoms with Crippen LogP contribution in [0.1, 0.15) is 22.6 Å². The summed E-state index contributed by atoms with van der Waals surface area (Å²) in [5, 5.41) is 4.11. The first kappa shape index (κ1) is 20.8. The molecule has 5 rings (SSSR count). The molecule has 1 unspecified atom stereocenters. The minimum absolute atomic E-state index is 0.0658. The quantitative estimate of drug-likeness (QED) is 0.558. The van der Waals surface area contributed by atoms with Gasteiger partial charge in [0.05, 0.1) is 0 Å². The second kappa shape index (κ2) is 8.09. The van der Waals surface area contributed by atoms with Crippen molar-refractivity contribution in [2.45, 2.75) is 27.3 Å². The van der Waals surface area contributed by atoms with Gasteiger partial charge in [-0.15, -0.1) is 4.90 Å². The highest BCUT2D eigenvalue weighted by Crippen LogP contribution is 2.28. The van der Waals surface area contributed by atoms with Crippen LogP contribution in [0, 0.1) is 26.7 Å². The van der Waals surface area contributed by atoms with E-state index in [1.54, 1.807) is 16.7 Å². The summed E-state index contributed by atoms with van der Waals surface area (Å²) in [6.07, 6.45) is 7.23. The summed E-state index contributed by atoms with van der Waals surface area (Å²) in [6.45, 7) is 5.93. The zero-order valence-electron chi connectivity index (χ0n) is 18.6. The average molecular weight is 439 g/mol. The van der Waals surface area contributed by atoms with E-state index < -0.39 is 11.9 Å². The van der Waals surface area contributed by atoms with E-state index in [0.29, 0.717) is 23.1 Å². The van der Waals surface area contributed by atoms with E-state index >= 15 is 0 Å². The fraction of sp³-hybridized carbons (Fsp3) is 0.192. The summed E-state index contributed by atoms with van der Waals surface area (Å²) in [7, 11) is 0. The largest absolute Gasteiger partial charge is 0.506 e. The van der Waals surface area contributed by atoms with Gasteiger partial charge in [-0.25, -0.2) is 4.79 Å². The number of nitrogens with zero attached hydrogens (tertiary/aromatic N) is 4. The van der Waals surface area contributed by atoms with Crippen molar-refractivity contribution in [1.82, 2.24) is 10.1 Å². The Labute approximate surface area is 191 Å². The molecule has 0 radical (unpaired) electrons. The predicted octanol–water partition coefficient (Wildman–Crippen LogP) is 4.52. The van der Waals surface area contributed by atoms with Crippen LogP contribution in [0.5, 0.6) is 0 Å². The number of carbonyl (C=O) groups is 2. The lowest BCUT2D eigenvalue weighted by Gasteiger charge is -2.26. The Morgan fingerprint density at radius 3 is 2.55 bits per heavy atom. The molecular weight excluding hydrogens is 416 g/mol. The lowest BCUT2D eigenvalue weighted by Crippen LogP contribution is -2.54. The Morgan fingerprint density at radius 1 is 1.03 bits per heavy atom. The number of hydrogen-bond acceptors (Lipinski definition) is 5. The number of benzene rings is 2. The molecule has 0 saturated heterocycles. The molecule has 0 bridgehead atoms. The molecule has 0 N–H and O–H groups in total. The van der Waals surface area contributed by atoms with Gasteiger partial charge in [-0.3, -0.25) is 0 Å². The number of fused-ring (bicyclic) bond motifs is 1. The van der Waals surface area contributed by atoms with E-state index in [1.165, 1.54) is 4.90 Å². The molecule has 3 amide bonds. The second-order valence-electron chi connectivity index (χ2n) is 8.36. The number of anilines is 1. The predicted molar refractivity (Wildman–Crippen MR) is 124 cm³/mol. The number of carbonyl (C=O) groups excluding carboxylic acids is 2. The molecular formula is C26H23N4O3+. The van der Waals surface area contributed by atoms with Crippen molar-refractivity contribution in [1.29, 1.82) is 0 Å². The maximum absolute atomic E-state index is 13.6. The van der Waals surface area contributed by atoms with Crippen molar-refractivity contribution in [3.8, 4) is 11.4 Å². The van der Waals surface area contributed by atoms with Crippen LogP contribution in [0.4, 0.5) is 10.5 Å². The van der Waals surface area contributed by atoms with Crippen LogP contribution in [-0.4, -0.2) is 32.4 Å². The van der Waals surface area contributed by atoms with Crippen LogP contribution < -0.4 is 4.90 Å². The number of aryl methyl sites for hydroxylation is 3. The van der Waals surface area contributed by atoms with Crippen LogP contribution in [0.2, 0.25) is 0 Å². The molecule has 2 heterocycles. The number of urea groups is 1. The van der Waals surface area contributed by atoms with E-state index in [9.17, 15) is 9.59 Å². The maximum atomic E-state index is 13.6. The molecule has 7 heteroatoms. The van der Waals surface area contributed by atoms with Crippen LogP contribution in [0.15, 0.2) is 71.3 Å². The van der Waals surface area contributed by atoms with Crippen LogP contribution in [0.25, 0.3) is 11.4 Å². The van der Waals surface area contributed by atoms with Gasteiger partial charge >= 0.3 is 11.9 Å². The zero-order valence-corrected chi connectivity index (χ0v) is 18.6. The number of hydrogen-bond donors (Lipinski definition) is 0. The number of amides is 3. The Hall–Kier alpha value is -4.13. The molecule has 7 nitrogen and oxygen atoms in total. The van der Waals surface area contributed by atoms with Crippen molar-refractivity contribution in [2.24, 2.45) is 5.92 Å². The SMILES string of the molecule is Cc1cc(C)cc(N2C(=O)C3C=CC=CC3=[N+](Cc3nc(-c4ccccc4C)no3)C2=O)c1. The standard InChI is InChI=1S/C26H23N4O3/c1-16-12-17(2)14-19(13-16)30-25(31)21-10-6-7-11-22(21)29(26(30)32)15-23-27-24(28-33-23)20-9-5-4-8-18(20)3/h4-14,21H,15H2,1-3H3/q+1. The summed E-state index contributed by atoms with van der Waals surface area (Å²) in [5.41, 5.74) is 5.01. The second-order valence-corrected chi connectivity index (χ2v) is 8.36. The van der Waals surface area contributed by atoms with Crippen molar-refractivity contribution in [2.75, 3.05) is 4.90 Å².